The molecule has 1 aliphatic rings. The molecule has 6 heteroatoms. The summed E-state index contributed by atoms with van der Waals surface area (Å²) < 4.78 is 5.49. The Balaban J connectivity index is 1.69. The first-order chi connectivity index (χ1) is 12.2. The van der Waals surface area contributed by atoms with E-state index in [0.29, 0.717) is 0 Å². The molecule has 0 saturated carbocycles. The third kappa shape index (κ3) is 4.13. The molecule has 25 heavy (non-hydrogen) atoms. The highest BCUT2D eigenvalue weighted by molar-refractivity contribution is 5.59. The van der Waals surface area contributed by atoms with Crippen molar-refractivity contribution < 1.29 is 4.74 Å². The van der Waals surface area contributed by atoms with Gasteiger partial charge in [-0.2, -0.15) is 4.98 Å². The Morgan fingerprint density at radius 1 is 1.08 bits per heavy atom. The van der Waals surface area contributed by atoms with Crippen LogP contribution in [0.25, 0.3) is 0 Å². The van der Waals surface area contributed by atoms with E-state index in [-0.39, 0.29) is 0 Å². The van der Waals surface area contributed by atoms with Crippen LogP contribution in [-0.2, 0) is 0 Å². The Hall–Kier alpha value is -2.50. The minimum Gasteiger partial charge on any atom is -0.495 e. The van der Waals surface area contributed by atoms with E-state index in [0.717, 1.165) is 68.0 Å². The molecule has 0 unspecified atom stereocenters. The molecular formula is C19H27N5O. The van der Waals surface area contributed by atoms with Crippen molar-refractivity contribution in [2.75, 3.05) is 55.0 Å². The smallest absolute Gasteiger partial charge is 0.224 e. The molecule has 1 aromatic heterocycles. The SMILES string of the molecule is CCCNc1nc(C)cc(N2CCN(c3ccccc3OC)CC2)n1. The van der Waals surface area contributed by atoms with E-state index in [1.807, 2.05) is 19.1 Å². The fraction of sp³-hybridized carbons (Fsp3) is 0.474. The Kier molecular flexibility index (Phi) is 5.58. The number of ether oxygens (including phenoxy) is 1. The lowest BCUT2D eigenvalue weighted by Crippen LogP contribution is -2.47. The summed E-state index contributed by atoms with van der Waals surface area (Å²) in [5.74, 6) is 2.66. The fourth-order valence-electron chi connectivity index (χ4n) is 3.10. The Morgan fingerprint density at radius 2 is 1.80 bits per heavy atom. The van der Waals surface area contributed by atoms with E-state index in [9.17, 15) is 0 Å². The standard InChI is InChI=1S/C19H27N5O/c1-4-9-20-19-21-15(2)14-18(22-19)24-12-10-23(11-13-24)16-7-5-6-8-17(16)25-3/h5-8,14H,4,9-13H2,1-3H3,(H,20,21,22). The maximum atomic E-state index is 5.49. The summed E-state index contributed by atoms with van der Waals surface area (Å²) in [7, 11) is 1.73. The van der Waals surface area contributed by atoms with E-state index in [1.165, 1.54) is 0 Å². The lowest BCUT2D eigenvalue weighted by Gasteiger charge is -2.37. The van der Waals surface area contributed by atoms with Crippen LogP contribution in [0.2, 0.25) is 0 Å². The zero-order chi connectivity index (χ0) is 17.6. The first kappa shape index (κ1) is 17.3. The van der Waals surface area contributed by atoms with Gasteiger partial charge in [0.15, 0.2) is 0 Å². The number of hydrogen-bond donors (Lipinski definition) is 1. The molecule has 1 saturated heterocycles. The minimum absolute atomic E-state index is 0.726. The van der Waals surface area contributed by atoms with Gasteiger partial charge in [-0.25, -0.2) is 4.98 Å². The topological polar surface area (TPSA) is 53.5 Å². The zero-order valence-corrected chi connectivity index (χ0v) is 15.3. The molecule has 1 fully saturated rings. The number of aryl methyl sites for hydroxylation is 1. The highest BCUT2D eigenvalue weighted by Gasteiger charge is 2.21. The van der Waals surface area contributed by atoms with Gasteiger partial charge < -0.3 is 19.9 Å². The molecule has 0 atom stereocenters. The third-order valence-electron chi connectivity index (χ3n) is 4.40. The number of rotatable bonds is 6. The molecule has 1 aliphatic heterocycles. The van der Waals surface area contributed by atoms with E-state index in [4.69, 9.17) is 4.74 Å². The van der Waals surface area contributed by atoms with Crippen molar-refractivity contribution in [1.29, 1.82) is 0 Å². The van der Waals surface area contributed by atoms with Gasteiger partial charge in [-0.3, -0.25) is 0 Å². The second-order valence-electron chi connectivity index (χ2n) is 6.26. The van der Waals surface area contributed by atoms with Gasteiger partial charge in [-0.05, 0) is 25.5 Å². The van der Waals surface area contributed by atoms with Gasteiger partial charge in [-0.1, -0.05) is 19.1 Å². The second kappa shape index (κ2) is 8.05. The van der Waals surface area contributed by atoms with Crippen molar-refractivity contribution in [1.82, 2.24) is 9.97 Å². The van der Waals surface area contributed by atoms with Crippen molar-refractivity contribution in [2.45, 2.75) is 20.3 Å². The molecule has 134 valence electrons. The highest BCUT2D eigenvalue weighted by Crippen LogP contribution is 2.29. The highest BCUT2D eigenvalue weighted by atomic mass is 16.5. The number of piperazine rings is 1. The molecule has 2 aromatic rings. The van der Waals surface area contributed by atoms with E-state index < -0.39 is 0 Å². The summed E-state index contributed by atoms with van der Waals surface area (Å²) in [6.45, 7) is 8.81. The zero-order valence-electron chi connectivity index (χ0n) is 15.3. The summed E-state index contributed by atoms with van der Waals surface area (Å²) in [6, 6.07) is 10.3. The summed E-state index contributed by atoms with van der Waals surface area (Å²) in [4.78, 5) is 13.9. The molecule has 1 aromatic carbocycles. The average Bonchev–Trinajstić information content (AvgIpc) is 2.66. The number of benzene rings is 1. The normalized spacial score (nSPS) is 14.5. The monoisotopic (exact) mass is 341 g/mol. The third-order valence-corrected chi connectivity index (χ3v) is 4.40. The van der Waals surface area contributed by atoms with Crippen LogP contribution in [0.1, 0.15) is 19.0 Å². The average molecular weight is 341 g/mol. The molecule has 3 rings (SSSR count). The van der Waals surface area contributed by atoms with E-state index >= 15 is 0 Å². The predicted octanol–water partition coefficient (Wildman–Crippen LogP) is 2.94. The number of anilines is 3. The molecule has 0 radical (unpaired) electrons. The molecule has 0 spiro atoms. The summed E-state index contributed by atoms with van der Waals surface area (Å²) >= 11 is 0. The summed E-state index contributed by atoms with van der Waals surface area (Å²) in [5, 5.41) is 3.29. The molecule has 1 N–H and O–H groups in total. The number of methoxy groups -OCH3 is 1. The maximum absolute atomic E-state index is 5.49. The van der Waals surface area contributed by atoms with Crippen molar-refractivity contribution in [2.24, 2.45) is 0 Å². The minimum atomic E-state index is 0.726. The molecular weight excluding hydrogens is 314 g/mol. The summed E-state index contributed by atoms with van der Waals surface area (Å²) in [6.07, 6.45) is 1.06. The fourth-order valence-corrected chi connectivity index (χ4v) is 3.10. The van der Waals surface area contributed by atoms with Crippen LogP contribution < -0.4 is 19.9 Å². The van der Waals surface area contributed by atoms with Gasteiger partial charge in [0.2, 0.25) is 5.95 Å². The molecule has 0 bridgehead atoms. The lowest BCUT2D eigenvalue weighted by molar-refractivity contribution is 0.413. The van der Waals surface area contributed by atoms with Crippen LogP contribution in [0, 0.1) is 6.92 Å². The van der Waals surface area contributed by atoms with Gasteiger partial charge >= 0.3 is 0 Å². The van der Waals surface area contributed by atoms with Crippen LogP contribution >= 0.6 is 0 Å². The Bertz CT molecular complexity index is 698. The van der Waals surface area contributed by atoms with Crippen LogP contribution in [0.3, 0.4) is 0 Å². The first-order valence-electron chi connectivity index (χ1n) is 8.93. The molecule has 0 aliphatic carbocycles. The molecule has 0 amide bonds. The largest absolute Gasteiger partial charge is 0.495 e. The quantitative estimate of drug-likeness (QED) is 0.872. The second-order valence-corrected chi connectivity index (χ2v) is 6.26. The maximum Gasteiger partial charge on any atom is 0.224 e. The van der Waals surface area contributed by atoms with Crippen LogP contribution in [0.4, 0.5) is 17.5 Å². The molecule has 6 nitrogen and oxygen atoms in total. The van der Waals surface area contributed by atoms with Crippen LogP contribution in [0.15, 0.2) is 30.3 Å². The molecule has 2 heterocycles. The Labute approximate surface area is 149 Å². The van der Waals surface area contributed by atoms with Gasteiger partial charge in [0.05, 0.1) is 12.8 Å². The number of para-hydroxylation sites is 2. The Morgan fingerprint density at radius 3 is 2.52 bits per heavy atom. The number of aromatic nitrogens is 2. The van der Waals surface area contributed by atoms with Crippen molar-refractivity contribution >= 4 is 17.5 Å². The van der Waals surface area contributed by atoms with Crippen molar-refractivity contribution in [3.63, 3.8) is 0 Å². The number of nitrogens with zero attached hydrogens (tertiary/aromatic N) is 4. The van der Waals surface area contributed by atoms with Crippen LogP contribution in [-0.4, -0.2) is 49.8 Å². The van der Waals surface area contributed by atoms with Crippen LogP contribution in [0.5, 0.6) is 5.75 Å². The van der Waals surface area contributed by atoms with Gasteiger partial charge in [0, 0.05) is 44.5 Å². The van der Waals surface area contributed by atoms with Gasteiger partial charge in [0.1, 0.15) is 11.6 Å². The first-order valence-corrected chi connectivity index (χ1v) is 8.93. The summed E-state index contributed by atoms with van der Waals surface area (Å²) in [5.41, 5.74) is 2.16. The van der Waals surface area contributed by atoms with E-state index in [1.54, 1.807) is 7.11 Å². The lowest BCUT2D eigenvalue weighted by atomic mass is 10.2. The van der Waals surface area contributed by atoms with Crippen molar-refractivity contribution in [3.05, 3.63) is 36.0 Å². The number of nitrogens with one attached hydrogen (secondary N) is 1. The van der Waals surface area contributed by atoms with Crippen molar-refractivity contribution in [3.8, 4) is 5.75 Å². The van der Waals surface area contributed by atoms with Gasteiger partial charge in [0.25, 0.3) is 0 Å². The van der Waals surface area contributed by atoms with E-state index in [2.05, 4.69) is 50.2 Å². The van der Waals surface area contributed by atoms with Gasteiger partial charge in [-0.15, -0.1) is 0 Å². The number of hydrogen-bond acceptors (Lipinski definition) is 6. The predicted molar refractivity (Wildman–Crippen MR) is 103 cm³/mol.